The van der Waals surface area contributed by atoms with Crippen molar-refractivity contribution in [3.8, 4) is 5.75 Å². The van der Waals surface area contributed by atoms with Crippen molar-refractivity contribution in [1.29, 1.82) is 0 Å². The summed E-state index contributed by atoms with van der Waals surface area (Å²) in [5.74, 6) is -0.420. The zero-order chi connectivity index (χ0) is 15.9. The van der Waals surface area contributed by atoms with Gasteiger partial charge in [-0.25, -0.2) is 8.42 Å². The van der Waals surface area contributed by atoms with Gasteiger partial charge in [-0.2, -0.15) is 8.78 Å². The van der Waals surface area contributed by atoms with Gasteiger partial charge in [0.05, 0.1) is 10.5 Å². The van der Waals surface area contributed by atoms with Gasteiger partial charge in [0, 0.05) is 11.5 Å². The highest BCUT2D eigenvalue weighted by Gasteiger charge is 2.48. The Bertz CT molecular complexity index is 649. The molecule has 0 aromatic heterocycles. The summed E-state index contributed by atoms with van der Waals surface area (Å²) >= 11 is 0. The third kappa shape index (κ3) is 2.74. The number of Topliss-reactive ketones (excluding diaryl/α,β-unsaturated/α-hetero) is 1. The average molecular weight is 330 g/mol. The van der Waals surface area contributed by atoms with Crippen LogP contribution in [-0.4, -0.2) is 31.3 Å². The van der Waals surface area contributed by atoms with E-state index in [1.807, 2.05) is 0 Å². The first kappa shape index (κ1) is 15.4. The zero-order valence-corrected chi connectivity index (χ0v) is 12.6. The Kier molecular flexibility index (Phi) is 3.92. The topological polar surface area (TPSA) is 60.4 Å². The number of rotatable bonds is 4. The summed E-state index contributed by atoms with van der Waals surface area (Å²) in [6, 6.07) is 5.55. The molecule has 1 aromatic rings. The van der Waals surface area contributed by atoms with E-state index in [-0.39, 0.29) is 17.5 Å². The van der Waals surface area contributed by atoms with Gasteiger partial charge >= 0.3 is 6.61 Å². The SMILES string of the molecule is O=C(c1ccc(OC(F)F)cc1)C1CC2CCC(C1)S2(=O)=O. The highest BCUT2D eigenvalue weighted by molar-refractivity contribution is 7.93. The third-order valence-electron chi connectivity index (χ3n) is 4.57. The minimum atomic E-state index is -3.05. The molecule has 4 nitrogen and oxygen atoms in total. The van der Waals surface area contributed by atoms with Crippen LogP contribution in [-0.2, 0) is 9.84 Å². The van der Waals surface area contributed by atoms with E-state index in [9.17, 15) is 22.0 Å². The molecule has 120 valence electrons. The van der Waals surface area contributed by atoms with Crippen molar-refractivity contribution < 1.29 is 26.7 Å². The normalized spacial score (nSPS) is 29.5. The van der Waals surface area contributed by atoms with Crippen molar-refractivity contribution >= 4 is 15.6 Å². The molecular formula is C15H16F2O4S. The van der Waals surface area contributed by atoms with E-state index < -0.39 is 26.9 Å². The monoisotopic (exact) mass is 330 g/mol. The molecule has 2 unspecified atom stereocenters. The van der Waals surface area contributed by atoms with Crippen LogP contribution < -0.4 is 4.74 Å². The molecular weight excluding hydrogens is 314 g/mol. The maximum atomic E-state index is 12.5. The van der Waals surface area contributed by atoms with Gasteiger partial charge in [0.15, 0.2) is 15.6 Å². The first-order chi connectivity index (χ1) is 10.4. The van der Waals surface area contributed by atoms with Gasteiger partial charge in [-0.1, -0.05) is 0 Å². The van der Waals surface area contributed by atoms with Gasteiger partial charge in [-0.15, -0.1) is 0 Å². The number of ether oxygens (including phenoxy) is 1. The van der Waals surface area contributed by atoms with Crippen LogP contribution in [0, 0.1) is 5.92 Å². The standard InChI is InChI=1S/C15H16F2O4S/c16-15(17)21-11-3-1-9(2-4-11)14(18)10-7-12-5-6-13(8-10)22(12,19)20/h1-4,10,12-13,15H,5-8H2. The molecule has 0 spiro atoms. The fourth-order valence-electron chi connectivity index (χ4n) is 3.46. The van der Waals surface area contributed by atoms with Crippen LogP contribution in [0.2, 0.25) is 0 Å². The number of carbonyl (C=O) groups is 1. The van der Waals surface area contributed by atoms with Crippen molar-refractivity contribution in [1.82, 2.24) is 0 Å². The maximum Gasteiger partial charge on any atom is 0.387 e. The molecule has 0 aliphatic carbocycles. The number of ketones is 1. The lowest BCUT2D eigenvalue weighted by Crippen LogP contribution is -2.36. The molecule has 1 aromatic carbocycles. The summed E-state index contributed by atoms with van der Waals surface area (Å²) in [4.78, 5) is 12.5. The Hall–Kier alpha value is -1.50. The molecule has 0 amide bonds. The molecule has 0 N–H and O–H groups in total. The Labute approximate surface area is 127 Å². The fraction of sp³-hybridized carbons (Fsp3) is 0.533. The second-order valence-corrected chi connectivity index (χ2v) is 8.36. The van der Waals surface area contributed by atoms with E-state index in [0.29, 0.717) is 31.2 Å². The molecule has 2 heterocycles. The molecule has 2 aliphatic rings. The van der Waals surface area contributed by atoms with E-state index in [1.165, 1.54) is 24.3 Å². The Morgan fingerprint density at radius 1 is 1.09 bits per heavy atom. The number of halogens is 2. The third-order valence-corrected chi connectivity index (χ3v) is 7.28. The number of sulfone groups is 1. The van der Waals surface area contributed by atoms with Gasteiger partial charge < -0.3 is 4.74 Å². The molecule has 2 fully saturated rings. The number of carbonyl (C=O) groups excluding carboxylic acids is 1. The number of benzene rings is 1. The summed E-state index contributed by atoms with van der Waals surface area (Å²) < 4.78 is 52.5. The molecule has 2 saturated heterocycles. The van der Waals surface area contributed by atoms with Crippen LogP contribution in [0.4, 0.5) is 8.78 Å². The number of hydrogen-bond acceptors (Lipinski definition) is 4. The number of hydrogen-bond donors (Lipinski definition) is 0. The lowest BCUT2D eigenvalue weighted by molar-refractivity contribution is -0.0498. The van der Waals surface area contributed by atoms with E-state index in [2.05, 4.69) is 4.74 Å². The summed E-state index contributed by atoms with van der Waals surface area (Å²) in [7, 11) is -3.05. The van der Waals surface area contributed by atoms with Crippen LogP contribution in [0.5, 0.6) is 5.75 Å². The number of fused-ring (bicyclic) bond motifs is 2. The summed E-state index contributed by atoms with van der Waals surface area (Å²) in [5.41, 5.74) is 0.408. The summed E-state index contributed by atoms with van der Waals surface area (Å²) in [5, 5.41) is -0.803. The molecule has 2 aliphatic heterocycles. The van der Waals surface area contributed by atoms with E-state index in [4.69, 9.17) is 0 Å². The zero-order valence-electron chi connectivity index (χ0n) is 11.7. The Balaban J connectivity index is 1.72. The highest BCUT2D eigenvalue weighted by Crippen LogP contribution is 2.42. The fourth-order valence-corrected chi connectivity index (χ4v) is 5.93. The van der Waals surface area contributed by atoms with Crippen molar-refractivity contribution in [3.05, 3.63) is 29.8 Å². The van der Waals surface area contributed by atoms with Gasteiger partial charge in [0.25, 0.3) is 0 Å². The molecule has 7 heteroatoms. The minimum Gasteiger partial charge on any atom is -0.435 e. The van der Waals surface area contributed by atoms with E-state index >= 15 is 0 Å². The minimum absolute atomic E-state index is 0.00200. The molecule has 22 heavy (non-hydrogen) atoms. The van der Waals surface area contributed by atoms with E-state index in [1.54, 1.807) is 0 Å². The van der Waals surface area contributed by atoms with Crippen LogP contribution in [0.3, 0.4) is 0 Å². The second-order valence-electron chi connectivity index (χ2n) is 5.85. The quantitative estimate of drug-likeness (QED) is 0.797. The van der Waals surface area contributed by atoms with Crippen molar-refractivity contribution in [2.45, 2.75) is 42.8 Å². The molecule has 0 saturated carbocycles. The predicted molar refractivity (Wildman–Crippen MR) is 75.9 cm³/mol. The average Bonchev–Trinajstić information content (AvgIpc) is 2.67. The van der Waals surface area contributed by atoms with Crippen molar-refractivity contribution in [3.63, 3.8) is 0 Å². The predicted octanol–water partition coefficient (Wildman–Crippen LogP) is 2.83. The lowest BCUT2D eigenvalue weighted by atomic mass is 9.90. The molecule has 3 rings (SSSR count). The molecule has 0 radical (unpaired) electrons. The Morgan fingerprint density at radius 3 is 2.14 bits per heavy atom. The van der Waals surface area contributed by atoms with Crippen molar-refractivity contribution in [2.24, 2.45) is 5.92 Å². The van der Waals surface area contributed by atoms with Gasteiger partial charge in [0.1, 0.15) is 5.75 Å². The van der Waals surface area contributed by atoms with E-state index in [0.717, 1.165) is 0 Å². The Morgan fingerprint density at radius 2 is 1.64 bits per heavy atom. The van der Waals surface area contributed by atoms with Gasteiger partial charge in [0.2, 0.25) is 0 Å². The largest absolute Gasteiger partial charge is 0.435 e. The number of alkyl halides is 2. The first-order valence-corrected chi connectivity index (χ1v) is 8.80. The molecule has 2 bridgehead atoms. The van der Waals surface area contributed by atoms with Gasteiger partial charge in [-0.3, -0.25) is 4.79 Å². The lowest BCUT2D eigenvalue weighted by Gasteiger charge is -2.27. The second kappa shape index (κ2) is 5.61. The van der Waals surface area contributed by atoms with Crippen molar-refractivity contribution in [2.75, 3.05) is 0 Å². The first-order valence-electron chi connectivity index (χ1n) is 7.19. The molecule has 2 atom stereocenters. The summed E-state index contributed by atoms with van der Waals surface area (Å²) in [6.07, 6.45) is 2.01. The maximum absolute atomic E-state index is 12.5. The van der Waals surface area contributed by atoms with Gasteiger partial charge in [-0.05, 0) is 49.9 Å². The van der Waals surface area contributed by atoms with Crippen LogP contribution in [0.25, 0.3) is 0 Å². The summed E-state index contributed by atoms with van der Waals surface area (Å²) in [6.45, 7) is -2.90. The smallest absolute Gasteiger partial charge is 0.387 e. The van der Waals surface area contributed by atoms with Crippen LogP contribution >= 0.6 is 0 Å². The highest BCUT2D eigenvalue weighted by atomic mass is 32.2. The van der Waals surface area contributed by atoms with Crippen LogP contribution in [0.15, 0.2) is 24.3 Å². The van der Waals surface area contributed by atoms with Crippen LogP contribution in [0.1, 0.15) is 36.0 Å².